The number of fused-ring (bicyclic) bond motifs is 1. The number of piperidine rings is 1. The summed E-state index contributed by atoms with van der Waals surface area (Å²) in [5.74, 6) is 0.850. The summed E-state index contributed by atoms with van der Waals surface area (Å²) in [4.78, 5) is 26.8. The van der Waals surface area contributed by atoms with Crippen molar-refractivity contribution in [2.45, 2.75) is 38.3 Å². The fraction of sp³-hybridized carbons (Fsp3) is 0.409. The molecule has 152 valence electrons. The zero-order valence-corrected chi connectivity index (χ0v) is 16.4. The summed E-state index contributed by atoms with van der Waals surface area (Å²) in [6.45, 7) is 2.98. The maximum atomic E-state index is 12.5. The van der Waals surface area contributed by atoms with Crippen molar-refractivity contribution in [3.8, 4) is 0 Å². The predicted molar refractivity (Wildman–Crippen MR) is 111 cm³/mol. The average molecular weight is 394 g/mol. The number of aromatic nitrogens is 2. The van der Waals surface area contributed by atoms with Crippen LogP contribution in [0.15, 0.2) is 58.1 Å². The van der Waals surface area contributed by atoms with Crippen molar-refractivity contribution >= 4 is 16.8 Å². The molecule has 2 aromatic heterocycles. The molecular formula is C22H26N4O3. The number of carbonyl (C=O) groups excluding carboxylic acids is 1. The van der Waals surface area contributed by atoms with Crippen LogP contribution in [0.3, 0.4) is 0 Å². The van der Waals surface area contributed by atoms with Gasteiger partial charge in [0.2, 0.25) is 11.3 Å². The van der Waals surface area contributed by atoms with Gasteiger partial charge in [0.25, 0.3) is 0 Å². The van der Waals surface area contributed by atoms with E-state index < -0.39 is 0 Å². The van der Waals surface area contributed by atoms with Crippen LogP contribution in [-0.2, 0) is 11.3 Å². The van der Waals surface area contributed by atoms with Gasteiger partial charge in [-0.3, -0.25) is 19.2 Å². The van der Waals surface area contributed by atoms with Crippen LogP contribution in [0.2, 0.25) is 0 Å². The number of likely N-dealkylation sites (tertiary alicyclic amines) is 1. The van der Waals surface area contributed by atoms with Crippen LogP contribution in [0.25, 0.3) is 10.9 Å². The number of rotatable bonds is 7. The highest BCUT2D eigenvalue weighted by atomic mass is 16.3. The fourth-order valence-electron chi connectivity index (χ4n) is 3.97. The van der Waals surface area contributed by atoms with Crippen molar-refractivity contribution in [1.82, 2.24) is 20.0 Å². The van der Waals surface area contributed by atoms with Gasteiger partial charge in [0.05, 0.1) is 30.6 Å². The van der Waals surface area contributed by atoms with Gasteiger partial charge >= 0.3 is 0 Å². The first-order chi connectivity index (χ1) is 14.2. The standard InChI is InChI=1S/C22H26N4O3/c27-20-16-24-26(18-8-3-2-7-17(18)20)13-10-22(28)23-15-19(21-9-6-14-29-21)25-11-4-1-5-12-25/h2-3,6-9,14,16,19H,1,4-5,10-13,15H2,(H,23,28). The van der Waals surface area contributed by atoms with Crippen LogP contribution >= 0.6 is 0 Å². The van der Waals surface area contributed by atoms with Crippen LogP contribution in [-0.4, -0.2) is 40.2 Å². The molecule has 0 spiro atoms. The predicted octanol–water partition coefficient (Wildman–Crippen LogP) is 2.72. The third-order valence-electron chi connectivity index (χ3n) is 5.51. The maximum absolute atomic E-state index is 12.5. The van der Waals surface area contributed by atoms with Crippen LogP contribution in [0, 0.1) is 0 Å². The number of aryl methyl sites for hydroxylation is 1. The fourth-order valence-corrected chi connectivity index (χ4v) is 3.97. The molecule has 3 aromatic rings. The van der Waals surface area contributed by atoms with Gasteiger partial charge in [-0.05, 0) is 50.2 Å². The quantitative estimate of drug-likeness (QED) is 0.666. The Bertz CT molecular complexity index is 1010. The number of benzene rings is 1. The van der Waals surface area contributed by atoms with E-state index in [0.717, 1.165) is 24.4 Å². The summed E-state index contributed by atoms with van der Waals surface area (Å²) in [5.41, 5.74) is 0.638. The van der Waals surface area contributed by atoms with E-state index in [0.29, 0.717) is 24.9 Å². The molecule has 1 atom stereocenters. The minimum atomic E-state index is -0.107. The Morgan fingerprint density at radius 3 is 2.76 bits per heavy atom. The van der Waals surface area contributed by atoms with Crippen LogP contribution in [0.4, 0.5) is 0 Å². The zero-order chi connectivity index (χ0) is 20.1. The number of nitrogens with one attached hydrogen (secondary N) is 1. The van der Waals surface area contributed by atoms with Crippen LogP contribution < -0.4 is 10.7 Å². The van der Waals surface area contributed by atoms with Gasteiger partial charge < -0.3 is 9.73 Å². The zero-order valence-electron chi connectivity index (χ0n) is 16.4. The molecule has 1 aromatic carbocycles. The van der Waals surface area contributed by atoms with Gasteiger partial charge in [0.1, 0.15) is 5.76 Å². The number of furan rings is 1. The molecule has 1 N–H and O–H groups in total. The molecule has 1 saturated heterocycles. The van der Waals surface area contributed by atoms with Gasteiger partial charge in [0, 0.05) is 18.4 Å². The molecule has 7 nitrogen and oxygen atoms in total. The lowest BCUT2D eigenvalue weighted by Gasteiger charge is -2.33. The summed E-state index contributed by atoms with van der Waals surface area (Å²) in [6, 6.07) is 11.2. The van der Waals surface area contributed by atoms with E-state index in [4.69, 9.17) is 4.42 Å². The second-order valence-electron chi connectivity index (χ2n) is 7.43. The maximum Gasteiger partial charge on any atom is 0.221 e. The molecule has 1 unspecified atom stereocenters. The van der Waals surface area contributed by atoms with Crippen molar-refractivity contribution in [3.05, 3.63) is 64.8 Å². The highest BCUT2D eigenvalue weighted by Gasteiger charge is 2.24. The van der Waals surface area contributed by atoms with E-state index in [1.54, 1.807) is 17.0 Å². The number of nitrogens with zero attached hydrogens (tertiary/aromatic N) is 3. The Labute approximate surface area is 169 Å². The Hall–Kier alpha value is -2.93. The Morgan fingerprint density at radius 2 is 1.97 bits per heavy atom. The first-order valence-electron chi connectivity index (χ1n) is 10.2. The molecule has 1 fully saturated rings. The molecule has 1 aliphatic heterocycles. The molecule has 0 aliphatic carbocycles. The number of para-hydroxylation sites is 1. The smallest absolute Gasteiger partial charge is 0.221 e. The van der Waals surface area contributed by atoms with Crippen molar-refractivity contribution in [2.24, 2.45) is 0 Å². The van der Waals surface area contributed by atoms with E-state index in [-0.39, 0.29) is 17.4 Å². The highest BCUT2D eigenvalue weighted by Crippen LogP contribution is 2.24. The third-order valence-corrected chi connectivity index (χ3v) is 5.51. The van der Waals surface area contributed by atoms with Crippen molar-refractivity contribution in [3.63, 3.8) is 0 Å². The molecule has 3 heterocycles. The molecule has 0 radical (unpaired) electrons. The first-order valence-corrected chi connectivity index (χ1v) is 10.2. The van der Waals surface area contributed by atoms with E-state index >= 15 is 0 Å². The molecule has 1 aliphatic rings. The minimum absolute atomic E-state index is 0.0388. The van der Waals surface area contributed by atoms with Gasteiger partial charge in [-0.1, -0.05) is 18.6 Å². The van der Waals surface area contributed by atoms with E-state index in [1.165, 1.54) is 25.5 Å². The Morgan fingerprint density at radius 1 is 1.14 bits per heavy atom. The van der Waals surface area contributed by atoms with Crippen molar-refractivity contribution < 1.29 is 9.21 Å². The molecule has 29 heavy (non-hydrogen) atoms. The van der Waals surface area contributed by atoms with E-state index in [1.807, 2.05) is 30.3 Å². The summed E-state index contributed by atoms with van der Waals surface area (Å²) >= 11 is 0. The lowest BCUT2D eigenvalue weighted by Crippen LogP contribution is -2.40. The van der Waals surface area contributed by atoms with Gasteiger partial charge in [-0.15, -0.1) is 0 Å². The monoisotopic (exact) mass is 394 g/mol. The molecule has 7 heteroatoms. The second kappa shape index (κ2) is 9.05. The summed E-state index contributed by atoms with van der Waals surface area (Å²) in [6.07, 6.45) is 6.90. The van der Waals surface area contributed by atoms with E-state index in [9.17, 15) is 9.59 Å². The lowest BCUT2D eigenvalue weighted by atomic mass is 10.1. The topological polar surface area (TPSA) is 80.4 Å². The van der Waals surface area contributed by atoms with Gasteiger partial charge in [-0.2, -0.15) is 5.10 Å². The summed E-state index contributed by atoms with van der Waals surface area (Å²) in [7, 11) is 0. The molecule has 0 saturated carbocycles. The number of hydrogen-bond acceptors (Lipinski definition) is 5. The Kier molecular flexibility index (Phi) is 6.05. The normalized spacial score (nSPS) is 16.0. The summed E-state index contributed by atoms with van der Waals surface area (Å²) in [5, 5.41) is 7.86. The highest BCUT2D eigenvalue weighted by molar-refractivity contribution is 5.79. The minimum Gasteiger partial charge on any atom is -0.468 e. The SMILES string of the molecule is O=C(CCn1ncc(=O)c2ccccc21)NCC(c1ccco1)N1CCCCC1. The van der Waals surface area contributed by atoms with Gasteiger partial charge in [-0.25, -0.2) is 0 Å². The van der Waals surface area contributed by atoms with Crippen molar-refractivity contribution in [1.29, 1.82) is 0 Å². The number of hydrogen-bond donors (Lipinski definition) is 1. The molecule has 0 bridgehead atoms. The molecular weight excluding hydrogens is 368 g/mol. The first kappa shape index (κ1) is 19.4. The van der Waals surface area contributed by atoms with Crippen LogP contribution in [0.1, 0.15) is 37.5 Å². The van der Waals surface area contributed by atoms with E-state index in [2.05, 4.69) is 15.3 Å². The second-order valence-corrected chi connectivity index (χ2v) is 7.43. The molecule has 1 amide bonds. The number of amides is 1. The third kappa shape index (κ3) is 4.56. The van der Waals surface area contributed by atoms with Gasteiger partial charge in [0.15, 0.2) is 0 Å². The van der Waals surface area contributed by atoms with Crippen LogP contribution in [0.5, 0.6) is 0 Å². The summed E-state index contributed by atoms with van der Waals surface area (Å²) < 4.78 is 7.35. The largest absolute Gasteiger partial charge is 0.468 e. The number of carbonyl (C=O) groups is 1. The average Bonchev–Trinajstić information content (AvgIpc) is 3.29. The Balaban J connectivity index is 1.38. The van der Waals surface area contributed by atoms with Crippen molar-refractivity contribution in [2.75, 3.05) is 19.6 Å². The lowest BCUT2D eigenvalue weighted by molar-refractivity contribution is -0.121. The molecule has 4 rings (SSSR count).